The molecular weight excluding hydrogens is 416 g/mol. The van der Waals surface area contributed by atoms with Crippen LogP contribution in [0, 0.1) is 0 Å². The zero-order valence-corrected chi connectivity index (χ0v) is 17.2. The molecule has 0 aliphatic rings. The van der Waals surface area contributed by atoms with Crippen molar-refractivity contribution in [1.29, 1.82) is 0 Å². The molecule has 0 bridgehead atoms. The van der Waals surface area contributed by atoms with Gasteiger partial charge in [0.05, 0.1) is 5.56 Å². The van der Waals surface area contributed by atoms with Crippen molar-refractivity contribution in [3.05, 3.63) is 72.3 Å². The number of benzene rings is 3. The molecule has 9 heteroatoms. The monoisotopic (exact) mass is 436 g/mol. The van der Waals surface area contributed by atoms with E-state index in [9.17, 15) is 14.4 Å². The van der Waals surface area contributed by atoms with E-state index in [0.717, 1.165) is 0 Å². The Labute approximate surface area is 183 Å². The molecule has 3 aromatic carbocycles. The molecule has 0 saturated carbocycles. The molecule has 0 spiro atoms. The average Bonchev–Trinajstić information content (AvgIpc) is 2.75. The summed E-state index contributed by atoms with van der Waals surface area (Å²) in [7, 11) is 0. The van der Waals surface area contributed by atoms with Crippen LogP contribution in [0.3, 0.4) is 0 Å². The lowest BCUT2D eigenvalue weighted by atomic mass is 10.2. The van der Waals surface area contributed by atoms with Crippen LogP contribution < -0.4 is 20.1 Å². The van der Waals surface area contributed by atoms with Crippen LogP contribution in [-0.4, -0.2) is 23.0 Å². The minimum Gasteiger partial charge on any atom is -0.457 e. The summed E-state index contributed by atoms with van der Waals surface area (Å²) >= 11 is 0. The minimum atomic E-state index is -0.984. The third kappa shape index (κ3) is 6.31. The van der Waals surface area contributed by atoms with Crippen LogP contribution in [0.4, 0.5) is 11.4 Å². The van der Waals surface area contributed by atoms with E-state index >= 15 is 0 Å². The van der Waals surface area contributed by atoms with Crippen LogP contribution in [0.25, 0.3) is 0 Å². The molecule has 164 valence electrons. The highest BCUT2D eigenvalue weighted by Crippen LogP contribution is 2.31. The van der Waals surface area contributed by atoms with Crippen LogP contribution in [0.2, 0.25) is 0 Å². The normalized spacial score (nSPS) is 10.1. The van der Waals surface area contributed by atoms with E-state index in [1.54, 1.807) is 54.6 Å². The van der Waals surface area contributed by atoms with E-state index in [4.69, 9.17) is 14.7 Å². The second kappa shape index (κ2) is 10.1. The Hall–Kier alpha value is -4.37. The number of carbonyl (C=O) groups is 3. The van der Waals surface area contributed by atoms with Crippen molar-refractivity contribution in [3.63, 3.8) is 0 Å². The first-order valence-corrected chi connectivity index (χ1v) is 9.44. The van der Waals surface area contributed by atoms with Crippen LogP contribution in [0.5, 0.6) is 23.0 Å². The highest BCUT2D eigenvalue weighted by atomic mass is 17.1. The molecule has 0 heterocycles. The van der Waals surface area contributed by atoms with E-state index in [1.165, 1.54) is 26.0 Å². The average molecular weight is 436 g/mol. The van der Waals surface area contributed by atoms with E-state index in [-0.39, 0.29) is 28.9 Å². The fourth-order valence-corrected chi connectivity index (χ4v) is 2.75. The number of rotatable bonds is 7. The SMILES string of the molecule is CC(=O)Nc1ccc(Oc2cc(Oc3ccc(NC(C)=O)cc3)cc(C(=O)OO)c2)cc1. The lowest BCUT2D eigenvalue weighted by Gasteiger charge is -2.12. The number of carbonyl (C=O) groups excluding carboxylic acids is 3. The predicted molar refractivity (Wildman–Crippen MR) is 116 cm³/mol. The lowest BCUT2D eigenvalue weighted by molar-refractivity contribution is -0.182. The van der Waals surface area contributed by atoms with Crippen molar-refractivity contribution in [1.82, 2.24) is 0 Å². The van der Waals surface area contributed by atoms with Gasteiger partial charge in [0, 0.05) is 31.3 Å². The summed E-state index contributed by atoms with van der Waals surface area (Å²) in [6, 6.07) is 17.5. The van der Waals surface area contributed by atoms with E-state index in [0.29, 0.717) is 22.9 Å². The van der Waals surface area contributed by atoms with Crippen molar-refractivity contribution < 1.29 is 34.0 Å². The van der Waals surface area contributed by atoms with Gasteiger partial charge in [-0.2, -0.15) is 5.26 Å². The first-order valence-electron chi connectivity index (χ1n) is 9.44. The Morgan fingerprint density at radius 3 is 1.41 bits per heavy atom. The van der Waals surface area contributed by atoms with E-state index < -0.39 is 5.97 Å². The van der Waals surface area contributed by atoms with Gasteiger partial charge in [0.2, 0.25) is 11.8 Å². The second-order valence-electron chi connectivity index (χ2n) is 6.69. The molecule has 32 heavy (non-hydrogen) atoms. The highest BCUT2D eigenvalue weighted by molar-refractivity contribution is 5.90. The second-order valence-corrected chi connectivity index (χ2v) is 6.69. The highest BCUT2D eigenvalue weighted by Gasteiger charge is 2.13. The fraction of sp³-hybridized carbons (Fsp3) is 0.0870. The maximum Gasteiger partial charge on any atom is 0.373 e. The minimum absolute atomic E-state index is 0.00438. The number of anilines is 2. The van der Waals surface area contributed by atoms with Gasteiger partial charge in [-0.1, -0.05) is 0 Å². The zero-order chi connectivity index (χ0) is 23.1. The zero-order valence-electron chi connectivity index (χ0n) is 17.2. The van der Waals surface area contributed by atoms with Crippen molar-refractivity contribution in [2.45, 2.75) is 13.8 Å². The molecule has 3 rings (SSSR count). The van der Waals surface area contributed by atoms with Gasteiger partial charge in [0.1, 0.15) is 23.0 Å². The molecule has 0 aliphatic heterocycles. The predicted octanol–water partition coefficient (Wildman–Crippen LogP) is 4.82. The van der Waals surface area contributed by atoms with Crippen LogP contribution in [0.15, 0.2) is 66.7 Å². The lowest BCUT2D eigenvalue weighted by Crippen LogP contribution is -2.05. The first-order chi connectivity index (χ1) is 15.3. The molecule has 0 aromatic heterocycles. The number of ether oxygens (including phenoxy) is 2. The number of amides is 2. The Bertz CT molecular complexity index is 1050. The first kappa shape index (κ1) is 22.3. The van der Waals surface area contributed by atoms with Gasteiger partial charge >= 0.3 is 5.97 Å². The molecule has 0 saturated heterocycles. The van der Waals surface area contributed by atoms with Gasteiger partial charge in [-0.3, -0.25) is 14.5 Å². The summed E-state index contributed by atoms with van der Waals surface area (Å²) in [4.78, 5) is 37.9. The third-order valence-corrected chi connectivity index (χ3v) is 4.02. The standard InChI is InChI=1S/C23H20N2O7/c1-14(26)24-17-3-7-19(8-4-17)30-21-11-16(23(28)32-29)12-22(13-21)31-20-9-5-18(6-10-20)25-15(2)27/h3-13,29H,1-2H3,(H,24,26)(H,25,27). The van der Waals surface area contributed by atoms with Gasteiger partial charge in [-0.15, -0.1) is 0 Å². The number of nitrogens with one attached hydrogen (secondary N) is 2. The van der Waals surface area contributed by atoms with Gasteiger partial charge in [0.25, 0.3) is 0 Å². The van der Waals surface area contributed by atoms with Crippen molar-refractivity contribution in [3.8, 4) is 23.0 Å². The molecule has 3 N–H and O–H groups in total. The molecule has 0 unspecified atom stereocenters. The topological polar surface area (TPSA) is 123 Å². The third-order valence-electron chi connectivity index (χ3n) is 4.02. The fourth-order valence-electron chi connectivity index (χ4n) is 2.75. The Balaban J connectivity index is 1.82. The Morgan fingerprint density at radius 2 is 1.06 bits per heavy atom. The molecule has 0 aliphatic carbocycles. The summed E-state index contributed by atoms with van der Waals surface area (Å²) in [5.41, 5.74) is 1.22. The maximum atomic E-state index is 11.9. The molecular formula is C23H20N2O7. The van der Waals surface area contributed by atoms with Crippen molar-refractivity contribution >= 4 is 29.2 Å². The van der Waals surface area contributed by atoms with Gasteiger partial charge in [0.15, 0.2) is 0 Å². The van der Waals surface area contributed by atoms with Gasteiger partial charge < -0.3 is 20.1 Å². The molecule has 0 radical (unpaired) electrons. The maximum absolute atomic E-state index is 11.9. The largest absolute Gasteiger partial charge is 0.457 e. The van der Waals surface area contributed by atoms with Crippen molar-refractivity contribution in [2.24, 2.45) is 0 Å². The molecule has 9 nitrogen and oxygen atoms in total. The summed E-state index contributed by atoms with van der Waals surface area (Å²) < 4.78 is 11.6. The van der Waals surface area contributed by atoms with Crippen molar-refractivity contribution in [2.75, 3.05) is 10.6 Å². The van der Waals surface area contributed by atoms with E-state index in [2.05, 4.69) is 15.5 Å². The smallest absolute Gasteiger partial charge is 0.373 e. The molecule has 3 aromatic rings. The summed E-state index contributed by atoms with van der Waals surface area (Å²) in [6.07, 6.45) is 0. The number of hydrogen-bond donors (Lipinski definition) is 3. The van der Waals surface area contributed by atoms with E-state index in [1.807, 2.05) is 0 Å². The summed E-state index contributed by atoms with van der Waals surface area (Å²) in [6.45, 7) is 2.82. The number of hydrogen-bond acceptors (Lipinski definition) is 7. The summed E-state index contributed by atoms with van der Waals surface area (Å²) in [5.74, 6) is 0.0254. The molecule has 2 amide bonds. The Morgan fingerprint density at radius 1 is 0.656 bits per heavy atom. The van der Waals surface area contributed by atoms with Gasteiger partial charge in [-0.05, 0) is 60.7 Å². The Kier molecular flexibility index (Phi) is 7.04. The molecule has 0 atom stereocenters. The van der Waals surface area contributed by atoms with Crippen LogP contribution in [0.1, 0.15) is 24.2 Å². The summed E-state index contributed by atoms with van der Waals surface area (Å²) in [5, 5.41) is 14.1. The van der Waals surface area contributed by atoms with Crippen LogP contribution >= 0.6 is 0 Å². The van der Waals surface area contributed by atoms with Gasteiger partial charge in [-0.25, -0.2) is 4.79 Å². The quantitative estimate of drug-likeness (QED) is 0.358. The molecule has 0 fully saturated rings. The van der Waals surface area contributed by atoms with Crippen LogP contribution in [-0.2, 0) is 14.5 Å².